The highest BCUT2D eigenvalue weighted by molar-refractivity contribution is 5.61. The number of hydrogen-bond acceptors (Lipinski definition) is 5. The van der Waals surface area contributed by atoms with Gasteiger partial charge in [0, 0.05) is 18.2 Å². The lowest BCUT2D eigenvalue weighted by Gasteiger charge is -2.18. The lowest BCUT2D eigenvalue weighted by molar-refractivity contribution is -0.396. The fraction of sp³-hybridized carbons (Fsp3) is 0.538. The van der Waals surface area contributed by atoms with Gasteiger partial charge in [-0.15, -0.1) is 0 Å². The Hall–Kier alpha value is -2.02. The van der Waals surface area contributed by atoms with E-state index in [1.165, 1.54) is 6.07 Å². The lowest BCUT2D eigenvalue weighted by atomic mass is 10.0. The highest BCUT2D eigenvalue weighted by Gasteiger charge is 2.29. The van der Waals surface area contributed by atoms with Gasteiger partial charge >= 0.3 is 0 Å². The average molecular weight is 281 g/mol. The van der Waals surface area contributed by atoms with Crippen molar-refractivity contribution in [2.75, 3.05) is 13.1 Å². The van der Waals surface area contributed by atoms with E-state index in [0.29, 0.717) is 24.2 Å². The molecule has 20 heavy (non-hydrogen) atoms. The van der Waals surface area contributed by atoms with Gasteiger partial charge < -0.3 is 0 Å². The van der Waals surface area contributed by atoms with Crippen LogP contribution < -0.4 is 0 Å². The molecule has 0 atom stereocenters. The van der Waals surface area contributed by atoms with Crippen LogP contribution in [0.15, 0.2) is 6.07 Å². The van der Waals surface area contributed by atoms with Crippen LogP contribution in [0.3, 0.4) is 0 Å². The molecule has 1 aromatic rings. The van der Waals surface area contributed by atoms with Crippen molar-refractivity contribution in [1.82, 2.24) is 4.90 Å². The Bertz CT molecular complexity index is 539. The Balaban J connectivity index is 3.54. The SMILES string of the molecule is CCN(CC)Cc1c([N+](=O)[O-])cc(C)c(C)c1[N+](=O)[O-]. The number of hydrogen-bond donors (Lipinski definition) is 0. The van der Waals surface area contributed by atoms with E-state index >= 15 is 0 Å². The Morgan fingerprint density at radius 2 is 1.65 bits per heavy atom. The fourth-order valence-corrected chi connectivity index (χ4v) is 2.17. The molecule has 0 N–H and O–H groups in total. The van der Waals surface area contributed by atoms with Gasteiger partial charge in [-0.25, -0.2) is 0 Å². The number of nitrogens with zero attached hydrogens (tertiary/aromatic N) is 3. The largest absolute Gasteiger partial charge is 0.299 e. The zero-order chi connectivity index (χ0) is 15.4. The van der Waals surface area contributed by atoms with Gasteiger partial charge in [0.25, 0.3) is 11.4 Å². The molecule has 0 saturated heterocycles. The summed E-state index contributed by atoms with van der Waals surface area (Å²) < 4.78 is 0. The maximum atomic E-state index is 11.3. The molecule has 0 aliphatic rings. The van der Waals surface area contributed by atoms with Gasteiger partial charge in [0.05, 0.1) is 9.85 Å². The monoisotopic (exact) mass is 281 g/mol. The van der Waals surface area contributed by atoms with Gasteiger partial charge in [0.2, 0.25) is 0 Å². The van der Waals surface area contributed by atoms with E-state index in [1.807, 2.05) is 18.7 Å². The zero-order valence-corrected chi connectivity index (χ0v) is 12.2. The Morgan fingerprint density at radius 3 is 2.05 bits per heavy atom. The van der Waals surface area contributed by atoms with E-state index in [4.69, 9.17) is 0 Å². The van der Waals surface area contributed by atoms with Gasteiger partial charge in [-0.3, -0.25) is 25.1 Å². The van der Waals surface area contributed by atoms with E-state index in [9.17, 15) is 20.2 Å². The van der Waals surface area contributed by atoms with Crippen LogP contribution in [-0.2, 0) is 6.54 Å². The van der Waals surface area contributed by atoms with E-state index in [0.717, 1.165) is 0 Å². The molecule has 0 aromatic heterocycles. The predicted octanol–water partition coefficient (Wildman–Crippen LogP) is 2.96. The Kier molecular flexibility index (Phi) is 5.15. The summed E-state index contributed by atoms with van der Waals surface area (Å²) in [5.41, 5.74) is 0.927. The van der Waals surface area contributed by atoms with Crippen molar-refractivity contribution in [3.63, 3.8) is 0 Å². The van der Waals surface area contributed by atoms with Crippen molar-refractivity contribution in [2.45, 2.75) is 34.2 Å². The summed E-state index contributed by atoms with van der Waals surface area (Å²) >= 11 is 0. The van der Waals surface area contributed by atoms with Crippen molar-refractivity contribution >= 4 is 11.4 Å². The Labute approximate surface area is 117 Å². The highest BCUT2D eigenvalue weighted by Crippen LogP contribution is 2.35. The molecule has 0 saturated carbocycles. The molecule has 0 spiro atoms. The van der Waals surface area contributed by atoms with E-state index < -0.39 is 9.85 Å². The molecule has 1 rings (SSSR count). The van der Waals surface area contributed by atoms with Crippen LogP contribution in [0.4, 0.5) is 11.4 Å². The minimum absolute atomic E-state index is 0.136. The smallest absolute Gasteiger partial charge is 0.283 e. The van der Waals surface area contributed by atoms with Crippen LogP contribution in [0.2, 0.25) is 0 Å². The van der Waals surface area contributed by atoms with Crippen LogP contribution in [0.25, 0.3) is 0 Å². The molecule has 7 heteroatoms. The first-order valence-corrected chi connectivity index (χ1v) is 6.47. The van der Waals surface area contributed by atoms with Crippen LogP contribution in [0.5, 0.6) is 0 Å². The second-order valence-electron chi connectivity index (χ2n) is 4.64. The van der Waals surface area contributed by atoms with Crippen LogP contribution >= 0.6 is 0 Å². The summed E-state index contributed by atoms with van der Waals surface area (Å²) in [5.74, 6) is 0. The molecule has 0 bridgehead atoms. The quantitative estimate of drug-likeness (QED) is 0.590. The first kappa shape index (κ1) is 16.0. The zero-order valence-electron chi connectivity index (χ0n) is 12.2. The molecule has 0 unspecified atom stereocenters. The van der Waals surface area contributed by atoms with Crippen LogP contribution in [0, 0.1) is 34.1 Å². The minimum atomic E-state index is -0.543. The van der Waals surface area contributed by atoms with Crippen molar-refractivity contribution in [3.8, 4) is 0 Å². The predicted molar refractivity (Wildman–Crippen MR) is 75.8 cm³/mol. The van der Waals surface area contributed by atoms with Crippen molar-refractivity contribution in [2.24, 2.45) is 0 Å². The van der Waals surface area contributed by atoms with Crippen molar-refractivity contribution in [1.29, 1.82) is 0 Å². The Morgan fingerprint density at radius 1 is 1.10 bits per heavy atom. The van der Waals surface area contributed by atoms with Gasteiger partial charge in [-0.1, -0.05) is 13.8 Å². The molecule has 0 radical (unpaired) electrons. The summed E-state index contributed by atoms with van der Waals surface area (Å²) in [6.45, 7) is 8.68. The van der Waals surface area contributed by atoms with E-state index in [1.54, 1.807) is 13.8 Å². The van der Waals surface area contributed by atoms with E-state index in [-0.39, 0.29) is 23.5 Å². The van der Waals surface area contributed by atoms with Crippen molar-refractivity contribution in [3.05, 3.63) is 43.0 Å². The molecule has 0 fully saturated rings. The second-order valence-corrected chi connectivity index (χ2v) is 4.64. The molecular weight excluding hydrogens is 262 g/mol. The number of benzene rings is 1. The van der Waals surface area contributed by atoms with Gasteiger partial charge in [0.1, 0.15) is 5.56 Å². The fourth-order valence-electron chi connectivity index (χ4n) is 2.17. The topological polar surface area (TPSA) is 89.5 Å². The summed E-state index contributed by atoms with van der Waals surface area (Å²) in [7, 11) is 0. The number of aryl methyl sites for hydroxylation is 1. The maximum Gasteiger partial charge on any atom is 0.283 e. The molecule has 0 aliphatic carbocycles. The summed E-state index contributed by atoms with van der Waals surface area (Å²) in [4.78, 5) is 23.3. The molecule has 7 nitrogen and oxygen atoms in total. The molecule has 0 heterocycles. The van der Waals surface area contributed by atoms with E-state index in [2.05, 4.69) is 0 Å². The minimum Gasteiger partial charge on any atom is -0.299 e. The van der Waals surface area contributed by atoms with Crippen LogP contribution in [-0.4, -0.2) is 27.8 Å². The number of rotatable bonds is 6. The maximum absolute atomic E-state index is 11.3. The number of nitro groups is 2. The summed E-state index contributed by atoms with van der Waals surface area (Å²) in [6, 6.07) is 1.42. The number of nitro benzene ring substituents is 2. The standard InChI is InChI=1S/C13H19N3O4/c1-5-14(6-2)8-11-12(15(17)18)7-9(3)10(4)13(11)16(19)20/h7H,5-6,8H2,1-4H3. The first-order chi connectivity index (χ1) is 9.33. The molecule has 0 amide bonds. The van der Waals surface area contributed by atoms with Gasteiger partial charge in [0.15, 0.2) is 0 Å². The summed E-state index contributed by atoms with van der Waals surface area (Å²) in [5, 5.41) is 22.5. The third-order valence-electron chi connectivity index (χ3n) is 3.55. The second kappa shape index (κ2) is 6.42. The lowest BCUT2D eigenvalue weighted by Crippen LogP contribution is -2.23. The normalized spacial score (nSPS) is 10.8. The highest BCUT2D eigenvalue weighted by atomic mass is 16.6. The van der Waals surface area contributed by atoms with Crippen LogP contribution in [0.1, 0.15) is 30.5 Å². The van der Waals surface area contributed by atoms with Crippen molar-refractivity contribution < 1.29 is 9.85 Å². The molecule has 110 valence electrons. The third kappa shape index (κ3) is 3.11. The van der Waals surface area contributed by atoms with Gasteiger partial charge in [-0.2, -0.15) is 0 Å². The average Bonchev–Trinajstić information content (AvgIpc) is 2.38. The third-order valence-corrected chi connectivity index (χ3v) is 3.55. The molecule has 0 aliphatic heterocycles. The first-order valence-electron chi connectivity index (χ1n) is 6.47. The van der Waals surface area contributed by atoms with Gasteiger partial charge in [-0.05, 0) is 32.5 Å². The molecular formula is C13H19N3O4. The molecule has 1 aromatic carbocycles. The summed E-state index contributed by atoms with van der Waals surface area (Å²) in [6.07, 6.45) is 0.